The van der Waals surface area contributed by atoms with E-state index in [0.717, 1.165) is 40.7 Å². The Morgan fingerprint density at radius 1 is 1.29 bits per heavy atom. The van der Waals surface area contributed by atoms with Crippen LogP contribution in [0.4, 0.5) is 11.5 Å². The Kier molecular flexibility index (Phi) is 6.63. The number of rotatable bonds is 7. The van der Waals surface area contributed by atoms with Crippen LogP contribution in [0.3, 0.4) is 0 Å². The van der Waals surface area contributed by atoms with Crippen LogP contribution in [0.25, 0.3) is 11.0 Å². The van der Waals surface area contributed by atoms with Crippen LogP contribution in [-0.4, -0.2) is 43.8 Å². The highest BCUT2D eigenvalue weighted by atomic mass is 35.5. The van der Waals surface area contributed by atoms with Gasteiger partial charge >= 0.3 is 0 Å². The van der Waals surface area contributed by atoms with E-state index >= 15 is 0 Å². The summed E-state index contributed by atoms with van der Waals surface area (Å²) in [5.74, 6) is 1.59. The minimum Gasteiger partial charge on any atom is -0.487 e. The Morgan fingerprint density at radius 2 is 2.14 bits per heavy atom. The molecule has 1 aliphatic heterocycles. The first kappa shape index (κ1) is 22.9. The Hall–Kier alpha value is -3.91. The van der Waals surface area contributed by atoms with E-state index in [-0.39, 0.29) is 5.91 Å². The summed E-state index contributed by atoms with van der Waals surface area (Å²) in [4.78, 5) is 30.1. The maximum atomic E-state index is 11.9. The fourth-order valence-corrected chi connectivity index (χ4v) is 4.66. The lowest BCUT2D eigenvalue weighted by Gasteiger charge is -2.31. The first-order chi connectivity index (χ1) is 17.1. The van der Waals surface area contributed by atoms with Crippen molar-refractivity contribution >= 4 is 40.0 Å². The van der Waals surface area contributed by atoms with Gasteiger partial charge in [0.2, 0.25) is 5.91 Å². The molecule has 5 rings (SSSR count). The van der Waals surface area contributed by atoms with Gasteiger partial charge in [0.05, 0.1) is 10.4 Å². The van der Waals surface area contributed by atoms with Crippen LogP contribution in [-0.2, 0) is 11.4 Å². The highest BCUT2D eigenvalue weighted by Gasteiger charge is 2.26. The number of carbonyl (C=O) groups is 1. The van der Waals surface area contributed by atoms with E-state index in [1.54, 1.807) is 12.4 Å². The van der Waals surface area contributed by atoms with E-state index in [9.17, 15) is 4.79 Å². The molecular weight excluding hydrogens is 464 g/mol. The van der Waals surface area contributed by atoms with E-state index in [1.807, 2.05) is 41.4 Å². The number of ether oxygens (including phenoxy) is 1. The van der Waals surface area contributed by atoms with Crippen LogP contribution >= 0.6 is 11.6 Å². The highest BCUT2D eigenvalue weighted by Crippen LogP contribution is 2.37. The van der Waals surface area contributed by atoms with Crippen LogP contribution in [0.15, 0.2) is 67.9 Å². The zero-order valence-corrected chi connectivity index (χ0v) is 19.8. The summed E-state index contributed by atoms with van der Waals surface area (Å²) in [7, 11) is 0. The van der Waals surface area contributed by atoms with Crippen LogP contribution in [0.1, 0.15) is 29.9 Å². The molecule has 1 amide bonds. The molecule has 0 unspecified atom stereocenters. The second-order valence-electron chi connectivity index (χ2n) is 8.41. The van der Waals surface area contributed by atoms with Crippen molar-refractivity contribution in [3.8, 4) is 5.75 Å². The predicted molar refractivity (Wildman–Crippen MR) is 136 cm³/mol. The average molecular weight is 489 g/mol. The molecule has 0 aliphatic carbocycles. The number of H-pyrrole nitrogens is 1. The molecule has 9 heteroatoms. The van der Waals surface area contributed by atoms with Gasteiger partial charge in [-0.15, -0.1) is 0 Å². The van der Waals surface area contributed by atoms with Crippen molar-refractivity contribution < 1.29 is 9.53 Å². The molecule has 4 heterocycles. The van der Waals surface area contributed by atoms with Gasteiger partial charge in [-0.25, -0.2) is 9.97 Å². The van der Waals surface area contributed by atoms with Gasteiger partial charge in [0.15, 0.2) is 0 Å². The lowest BCUT2D eigenvalue weighted by molar-refractivity contribution is -0.127. The fraction of sp³-hybridized carbons (Fsp3) is 0.231. The number of anilines is 2. The predicted octanol–water partition coefficient (Wildman–Crippen LogP) is 5.22. The molecule has 4 aromatic rings. The number of aromatic amines is 1. The molecule has 8 nitrogen and oxygen atoms in total. The average Bonchev–Trinajstić information content (AvgIpc) is 3.34. The lowest BCUT2D eigenvalue weighted by Crippen LogP contribution is -2.36. The maximum absolute atomic E-state index is 11.9. The molecular formula is C26H25ClN6O2. The van der Waals surface area contributed by atoms with Gasteiger partial charge in [0.1, 0.15) is 30.1 Å². The Bertz CT molecular complexity index is 1350. The minimum atomic E-state index is -0.0159. The number of halogens is 1. The van der Waals surface area contributed by atoms with Crippen molar-refractivity contribution in [2.75, 3.05) is 18.4 Å². The lowest BCUT2D eigenvalue weighted by atomic mass is 9.89. The quantitative estimate of drug-likeness (QED) is 0.346. The van der Waals surface area contributed by atoms with E-state index in [1.165, 1.54) is 12.4 Å². The van der Waals surface area contributed by atoms with Gasteiger partial charge in [-0.05, 0) is 54.7 Å². The van der Waals surface area contributed by atoms with Gasteiger partial charge in [0, 0.05) is 42.9 Å². The highest BCUT2D eigenvalue weighted by molar-refractivity contribution is 6.32. The van der Waals surface area contributed by atoms with Gasteiger partial charge in [-0.3, -0.25) is 9.78 Å². The zero-order chi connectivity index (χ0) is 24.2. The number of fused-ring (bicyclic) bond motifs is 1. The number of likely N-dealkylation sites (tertiary alicyclic amines) is 1. The molecule has 3 aromatic heterocycles. The second kappa shape index (κ2) is 10.1. The van der Waals surface area contributed by atoms with Crippen LogP contribution < -0.4 is 10.1 Å². The largest absolute Gasteiger partial charge is 0.487 e. The van der Waals surface area contributed by atoms with Crippen molar-refractivity contribution in [2.45, 2.75) is 25.4 Å². The topological polar surface area (TPSA) is 96.0 Å². The van der Waals surface area contributed by atoms with Crippen molar-refractivity contribution in [1.82, 2.24) is 24.8 Å². The van der Waals surface area contributed by atoms with Crippen LogP contribution in [0, 0.1) is 0 Å². The summed E-state index contributed by atoms with van der Waals surface area (Å²) in [6.07, 6.45) is 10.1. The molecule has 0 radical (unpaired) electrons. The summed E-state index contributed by atoms with van der Waals surface area (Å²) >= 11 is 6.50. The third-order valence-electron chi connectivity index (χ3n) is 6.23. The number of pyridine rings is 1. The smallest absolute Gasteiger partial charge is 0.245 e. The monoisotopic (exact) mass is 488 g/mol. The number of amides is 1. The normalized spacial score (nSPS) is 14.1. The molecule has 0 bridgehead atoms. The number of piperidine rings is 1. The molecule has 2 N–H and O–H groups in total. The molecule has 1 fully saturated rings. The summed E-state index contributed by atoms with van der Waals surface area (Å²) in [6.45, 7) is 5.38. The third-order valence-corrected chi connectivity index (χ3v) is 6.53. The first-order valence-corrected chi connectivity index (χ1v) is 11.8. The van der Waals surface area contributed by atoms with E-state index in [2.05, 4.69) is 31.8 Å². The van der Waals surface area contributed by atoms with Gasteiger partial charge in [0.25, 0.3) is 0 Å². The number of hydrogen-bond donors (Lipinski definition) is 2. The summed E-state index contributed by atoms with van der Waals surface area (Å²) in [6, 6.07) is 9.38. The van der Waals surface area contributed by atoms with Crippen molar-refractivity contribution in [3.63, 3.8) is 0 Å². The maximum Gasteiger partial charge on any atom is 0.245 e. The Morgan fingerprint density at radius 3 is 2.89 bits per heavy atom. The molecule has 0 spiro atoms. The van der Waals surface area contributed by atoms with E-state index in [4.69, 9.17) is 16.3 Å². The van der Waals surface area contributed by atoms with Crippen molar-refractivity contribution in [3.05, 3.63) is 84.1 Å². The SMILES string of the molecule is C=CC(=O)N1CCC(c2c[nH]c3ncnc(Nc4ccc(OCc5cccnc5)c(Cl)c4)c23)CC1. The fourth-order valence-electron chi connectivity index (χ4n) is 4.42. The first-order valence-electron chi connectivity index (χ1n) is 11.4. The molecule has 35 heavy (non-hydrogen) atoms. The number of nitrogens with one attached hydrogen (secondary N) is 2. The second-order valence-corrected chi connectivity index (χ2v) is 8.82. The van der Waals surface area contributed by atoms with E-state index < -0.39 is 0 Å². The molecule has 1 aliphatic rings. The van der Waals surface area contributed by atoms with Crippen LogP contribution in [0.2, 0.25) is 5.02 Å². The number of aromatic nitrogens is 4. The minimum absolute atomic E-state index is 0.0159. The molecule has 1 saturated heterocycles. The summed E-state index contributed by atoms with van der Waals surface area (Å²) in [5, 5.41) is 4.84. The van der Waals surface area contributed by atoms with Crippen molar-refractivity contribution in [1.29, 1.82) is 0 Å². The van der Waals surface area contributed by atoms with Crippen LogP contribution in [0.5, 0.6) is 5.75 Å². The van der Waals surface area contributed by atoms with Crippen molar-refractivity contribution in [2.24, 2.45) is 0 Å². The molecule has 178 valence electrons. The number of hydrogen-bond acceptors (Lipinski definition) is 6. The molecule has 0 atom stereocenters. The zero-order valence-electron chi connectivity index (χ0n) is 19.1. The Balaban J connectivity index is 1.33. The van der Waals surface area contributed by atoms with Gasteiger partial charge < -0.3 is 19.9 Å². The molecule has 0 saturated carbocycles. The number of nitrogens with zero attached hydrogens (tertiary/aromatic N) is 4. The third kappa shape index (κ3) is 4.97. The standard InChI is InChI=1S/C26H25ClN6O2/c1-2-23(34)33-10-7-18(8-11-33)20-14-29-25-24(20)26(31-16-30-25)32-19-5-6-22(21(27)12-19)35-15-17-4-3-9-28-13-17/h2-6,9,12-14,16,18H,1,7-8,10-11,15H2,(H2,29,30,31,32). The summed E-state index contributed by atoms with van der Waals surface area (Å²) in [5.41, 5.74) is 3.68. The molecule has 1 aromatic carbocycles. The Labute approximate surface area is 208 Å². The number of carbonyl (C=O) groups excluding carboxylic acids is 1. The van der Waals surface area contributed by atoms with Gasteiger partial charge in [-0.2, -0.15) is 0 Å². The van der Waals surface area contributed by atoms with E-state index in [0.29, 0.717) is 42.2 Å². The number of benzene rings is 1. The summed E-state index contributed by atoms with van der Waals surface area (Å²) < 4.78 is 5.85. The van der Waals surface area contributed by atoms with Gasteiger partial charge in [-0.1, -0.05) is 24.2 Å².